The zero-order valence-corrected chi connectivity index (χ0v) is 7.14. The van der Waals surface area contributed by atoms with Gasteiger partial charge in [-0.15, -0.1) is 0 Å². The summed E-state index contributed by atoms with van der Waals surface area (Å²) in [6.45, 7) is 3.42. The predicted molar refractivity (Wildman–Crippen MR) is 42.8 cm³/mol. The molecule has 0 unspecified atom stereocenters. The molecule has 0 bridgehead atoms. The molecule has 1 amide bonds. The highest BCUT2D eigenvalue weighted by atomic mass is 16.5. The molecule has 12 heavy (non-hydrogen) atoms. The van der Waals surface area contributed by atoms with Gasteiger partial charge in [0.05, 0.1) is 6.61 Å². The van der Waals surface area contributed by atoms with Crippen LogP contribution in [0.1, 0.15) is 20.3 Å². The zero-order valence-electron chi connectivity index (χ0n) is 7.14. The van der Waals surface area contributed by atoms with Crippen LogP contribution in [0.25, 0.3) is 0 Å². The van der Waals surface area contributed by atoms with Crippen LogP contribution in [0.4, 0.5) is 0 Å². The van der Waals surface area contributed by atoms with Crippen LogP contribution >= 0.6 is 0 Å². The van der Waals surface area contributed by atoms with Crippen molar-refractivity contribution in [3.8, 4) is 12.0 Å². The fourth-order valence-electron chi connectivity index (χ4n) is 0.461. The van der Waals surface area contributed by atoms with Gasteiger partial charge in [-0.3, -0.25) is 14.9 Å². The Morgan fingerprint density at radius 1 is 1.50 bits per heavy atom. The van der Waals surface area contributed by atoms with Crippen LogP contribution in [-0.4, -0.2) is 18.5 Å². The summed E-state index contributed by atoms with van der Waals surface area (Å²) in [5.74, 6) is 1.82. The Morgan fingerprint density at radius 2 is 2.17 bits per heavy atom. The number of amides is 1. The highest BCUT2D eigenvalue weighted by molar-refractivity contribution is 5.75. The Hall–Kier alpha value is -1.50. The maximum absolute atomic E-state index is 10.7. The number of hydrogen-bond acceptors (Lipinski definition) is 3. The highest BCUT2D eigenvalue weighted by Crippen LogP contribution is 1.82. The maximum atomic E-state index is 10.7. The molecular formula is C8H11NO3. The third-order valence-electron chi connectivity index (χ3n) is 0.865. The summed E-state index contributed by atoms with van der Waals surface area (Å²) in [6.07, 6.45) is 0.00806. The highest BCUT2D eigenvalue weighted by Gasteiger charge is 1.95. The summed E-state index contributed by atoms with van der Waals surface area (Å²) in [6, 6.07) is 2.32. The third-order valence-corrected chi connectivity index (χ3v) is 0.865. The first kappa shape index (κ1) is 10.5. The molecule has 4 heteroatoms. The first-order chi connectivity index (χ1) is 5.66. The molecule has 0 aromatic carbocycles. The minimum absolute atomic E-state index is 0.00806. The molecule has 0 heterocycles. The van der Waals surface area contributed by atoms with Gasteiger partial charge in [0, 0.05) is 13.0 Å². The van der Waals surface area contributed by atoms with E-state index in [4.69, 9.17) is 0 Å². The normalized spacial score (nSPS) is 7.83. The van der Waals surface area contributed by atoms with Crippen LogP contribution in [0.3, 0.4) is 0 Å². The average Bonchev–Trinajstić information content (AvgIpc) is 1.98. The van der Waals surface area contributed by atoms with Crippen molar-refractivity contribution in [2.24, 2.45) is 0 Å². The maximum Gasteiger partial charge on any atom is 0.318 e. The summed E-state index contributed by atoms with van der Waals surface area (Å²) in [5, 5.41) is 2.24. The molecule has 66 valence electrons. The minimum atomic E-state index is -0.379. The molecule has 0 rings (SSSR count). The van der Waals surface area contributed by atoms with Crippen molar-refractivity contribution in [1.82, 2.24) is 5.32 Å². The number of ether oxygens (including phenoxy) is 1. The van der Waals surface area contributed by atoms with Crippen molar-refractivity contribution < 1.29 is 14.3 Å². The Labute approximate surface area is 71.3 Å². The Balaban J connectivity index is 3.56. The van der Waals surface area contributed by atoms with Crippen molar-refractivity contribution in [2.75, 3.05) is 6.61 Å². The third kappa shape index (κ3) is 6.62. The second-order valence-electron chi connectivity index (χ2n) is 1.96. The van der Waals surface area contributed by atoms with Gasteiger partial charge in [-0.25, -0.2) is 0 Å². The van der Waals surface area contributed by atoms with Crippen molar-refractivity contribution in [2.45, 2.75) is 20.3 Å². The summed E-state index contributed by atoms with van der Waals surface area (Å²) >= 11 is 0. The lowest BCUT2D eigenvalue weighted by Crippen LogP contribution is -2.12. The smallest absolute Gasteiger partial charge is 0.318 e. The van der Waals surface area contributed by atoms with E-state index in [0.717, 1.165) is 0 Å². The van der Waals surface area contributed by atoms with Gasteiger partial charge in [0.15, 0.2) is 0 Å². The first-order valence-electron chi connectivity index (χ1n) is 3.57. The molecular weight excluding hydrogens is 158 g/mol. The van der Waals surface area contributed by atoms with Crippen LogP contribution < -0.4 is 5.32 Å². The predicted octanol–water partition coefficient (Wildman–Crippen LogP) is 0.0366. The molecule has 0 aromatic heterocycles. The second kappa shape index (κ2) is 6.23. The molecule has 0 aliphatic rings. The summed E-state index contributed by atoms with van der Waals surface area (Å²) in [7, 11) is 0. The lowest BCUT2D eigenvalue weighted by Gasteiger charge is -1.94. The molecule has 0 radical (unpaired) electrons. The van der Waals surface area contributed by atoms with Crippen LogP contribution in [-0.2, 0) is 14.3 Å². The minimum Gasteiger partial charge on any atom is -0.465 e. The van der Waals surface area contributed by atoms with E-state index in [1.807, 2.05) is 0 Å². The number of esters is 1. The van der Waals surface area contributed by atoms with Gasteiger partial charge in [-0.05, 0) is 6.92 Å². The van der Waals surface area contributed by atoms with Gasteiger partial charge < -0.3 is 4.74 Å². The number of carbonyl (C=O) groups excluding carboxylic acids is 2. The number of hydrogen-bond donors (Lipinski definition) is 1. The molecule has 0 spiro atoms. The fourth-order valence-corrected chi connectivity index (χ4v) is 0.461. The fraction of sp³-hybridized carbons (Fsp3) is 0.500. The molecule has 4 nitrogen and oxygen atoms in total. The Kier molecular flexibility index (Phi) is 5.45. The van der Waals surface area contributed by atoms with Gasteiger partial charge >= 0.3 is 5.97 Å². The lowest BCUT2D eigenvalue weighted by molar-refractivity contribution is -0.141. The van der Waals surface area contributed by atoms with Crippen LogP contribution in [0.2, 0.25) is 0 Å². The SMILES string of the molecule is CCOC(=O)CC#CNC(C)=O. The molecule has 0 saturated heterocycles. The van der Waals surface area contributed by atoms with Crippen LogP contribution in [0.15, 0.2) is 0 Å². The van der Waals surface area contributed by atoms with Crippen molar-refractivity contribution in [1.29, 1.82) is 0 Å². The molecule has 0 atom stereocenters. The van der Waals surface area contributed by atoms with E-state index in [9.17, 15) is 9.59 Å². The molecule has 0 saturated carbocycles. The van der Waals surface area contributed by atoms with Gasteiger partial charge in [-0.1, -0.05) is 5.92 Å². The standard InChI is InChI=1S/C8H11NO3/c1-3-12-8(11)5-4-6-9-7(2)10/h3,5H2,1-2H3,(H,9,10). The van der Waals surface area contributed by atoms with E-state index in [1.54, 1.807) is 6.92 Å². The summed E-state index contributed by atoms with van der Waals surface area (Å²) in [5.41, 5.74) is 0. The van der Waals surface area contributed by atoms with E-state index in [0.29, 0.717) is 6.61 Å². The molecule has 0 aromatic rings. The molecule has 0 fully saturated rings. The zero-order chi connectivity index (χ0) is 9.40. The second-order valence-corrected chi connectivity index (χ2v) is 1.96. The first-order valence-corrected chi connectivity index (χ1v) is 3.57. The van der Waals surface area contributed by atoms with Crippen molar-refractivity contribution in [3.63, 3.8) is 0 Å². The quantitative estimate of drug-likeness (QED) is 0.360. The molecule has 0 aliphatic heterocycles. The van der Waals surface area contributed by atoms with Crippen LogP contribution in [0, 0.1) is 12.0 Å². The van der Waals surface area contributed by atoms with E-state index in [1.165, 1.54) is 6.92 Å². The topological polar surface area (TPSA) is 55.4 Å². The monoisotopic (exact) mass is 169 g/mol. The van der Waals surface area contributed by atoms with Gasteiger partial charge in [0.2, 0.25) is 5.91 Å². The number of rotatable bonds is 2. The number of nitrogens with one attached hydrogen (secondary N) is 1. The van der Waals surface area contributed by atoms with Gasteiger partial charge in [0.25, 0.3) is 0 Å². The summed E-state index contributed by atoms with van der Waals surface area (Å²) in [4.78, 5) is 20.9. The number of carbonyl (C=O) groups is 2. The average molecular weight is 169 g/mol. The van der Waals surface area contributed by atoms with E-state index >= 15 is 0 Å². The largest absolute Gasteiger partial charge is 0.465 e. The van der Waals surface area contributed by atoms with Gasteiger partial charge in [-0.2, -0.15) is 0 Å². The van der Waals surface area contributed by atoms with Gasteiger partial charge in [0.1, 0.15) is 6.42 Å². The lowest BCUT2D eigenvalue weighted by atomic mass is 10.4. The van der Waals surface area contributed by atoms with Crippen molar-refractivity contribution >= 4 is 11.9 Å². The van der Waals surface area contributed by atoms with E-state index in [2.05, 4.69) is 22.0 Å². The van der Waals surface area contributed by atoms with E-state index < -0.39 is 0 Å². The summed E-state index contributed by atoms with van der Waals surface area (Å²) < 4.78 is 4.59. The Bertz CT molecular complexity index is 224. The molecule has 1 N–H and O–H groups in total. The van der Waals surface area contributed by atoms with Crippen LogP contribution in [0.5, 0.6) is 0 Å². The Morgan fingerprint density at radius 3 is 2.67 bits per heavy atom. The van der Waals surface area contributed by atoms with E-state index in [-0.39, 0.29) is 18.3 Å². The molecule has 0 aliphatic carbocycles. The van der Waals surface area contributed by atoms with Crippen molar-refractivity contribution in [3.05, 3.63) is 0 Å².